The van der Waals surface area contributed by atoms with Gasteiger partial charge in [-0.15, -0.1) is 0 Å². The number of halogens is 2. The van der Waals surface area contributed by atoms with Crippen LogP contribution in [0, 0.1) is 6.92 Å². The van der Waals surface area contributed by atoms with E-state index in [-0.39, 0.29) is 5.78 Å². The van der Waals surface area contributed by atoms with Gasteiger partial charge < -0.3 is 0 Å². The number of nitrogens with zero attached hydrogens (tertiary/aromatic N) is 1. The van der Waals surface area contributed by atoms with Crippen LogP contribution in [0.4, 0.5) is 0 Å². The highest BCUT2D eigenvalue weighted by molar-refractivity contribution is 6.42. The van der Waals surface area contributed by atoms with Crippen molar-refractivity contribution in [3.8, 4) is 0 Å². The van der Waals surface area contributed by atoms with Crippen molar-refractivity contribution in [1.29, 1.82) is 0 Å². The predicted octanol–water partition coefficient (Wildman–Crippen LogP) is 3.93. The van der Waals surface area contributed by atoms with Crippen LogP contribution in [-0.2, 0) is 0 Å². The first-order valence-electron chi connectivity index (χ1n) is 5.00. The number of pyridine rings is 1. The first-order valence-corrected chi connectivity index (χ1v) is 5.76. The molecule has 0 radical (unpaired) electrons. The molecule has 0 atom stereocenters. The Bertz CT molecular complexity index is 564. The summed E-state index contributed by atoms with van der Waals surface area (Å²) in [6, 6.07) is 8.36. The molecule has 17 heavy (non-hydrogen) atoms. The van der Waals surface area contributed by atoms with Crippen molar-refractivity contribution in [3.05, 3.63) is 63.4 Å². The van der Waals surface area contributed by atoms with E-state index in [0.29, 0.717) is 21.2 Å². The van der Waals surface area contributed by atoms with Gasteiger partial charge in [0.05, 0.1) is 10.0 Å². The second kappa shape index (κ2) is 4.86. The lowest BCUT2D eigenvalue weighted by Crippen LogP contribution is -2.02. The highest BCUT2D eigenvalue weighted by Gasteiger charge is 2.10. The third-order valence-corrected chi connectivity index (χ3v) is 3.09. The Labute approximate surface area is 109 Å². The number of carbonyl (C=O) groups excluding carboxylic acids is 1. The molecule has 86 valence electrons. The molecule has 1 aromatic heterocycles. The lowest BCUT2D eigenvalue weighted by Gasteiger charge is -2.03. The zero-order chi connectivity index (χ0) is 12.4. The fourth-order valence-electron chi connectivity index (χ4n) is 1.41. The Morgan fingerprint density at radius 3 is 2.35 bits per heavy atom. The summed E-state index contributed by atoms with van der Waals surface area (Å²) in [7, 11) is 0. The molecule has 0 bridgehead atoms. The van der Waals surface area contributed by atoms with E-state index < -0.39 is 0 Å². The molecule has 2 aromatic rings. The topological polar surface area (TPSA) is 30.0 Å². The molecule has 2 rings (SSSR count). The van der Waals surface area contributed by atoms with Crippen LogP contribution in [-0.4, -0.2) is 10.8 Å². The van der Waals surface area contributed by atoms with Crippen LogP contribution in [0.25, 0.3) is 0 Å². The minimum absolute atomic E-state index is 0.115. The zero-order valence-electron chi connectivity index (χ0n) is 9.08. The first-order chi connectivity index (χ1) is 8.08. The number of ketones is 1. The Morgan fingerprint density at radius 2 is 1.76 bits per heavy atom. The van der Waals surface area contributed by atoms with Gasteiger partial charge in [0.15, 0.2) is 5.78 Å². The number of carbonyl (C=O) groups is 1. The average Bonchev–Trinajstić information content (AvgIpc) is 2.33. The quantitative estimate of drug-likeness (QED) is 0.771. The minimum Gasteiger partial charge on any atom is -0.289 e. The normalized spacial score (nSPS) is 10.3. The summed E-state index contributed by atoms with van der Waals surface area (Å²) in [4.78, 5) is 16.2. The summed E-state index contributed by atoms with van der Waals surface area (Å²) in [5.74, 6) is -0.115. The van der Waals surface area contributed by atoms with Gasteiger partial charge in [0.25, 0.3) is 0 Å². The summed E-state index contributed by atoms with van der Waals surface area (Å²) in [6.45, 7) is 1.87. The Balaban J connectivity index is 2.37. The van der Waals surface area contributed by atoms with Gasteiger partial charge >= 0.3 is 0 Å². The molecule has 0 unspecified atom stereocenters. The smallest absolute Gasteiger partial charge is 0.194 e. The molecule has 0 saturated carbocycles. The number of aromatic nitrogens is 1. The standard InChI is InChI=1S/C13H9Cl2NO/c1-8-2-3-10(7-16-8)13(17)9-4-5-11(14)12(15)6-9/h2-7H,1H3. The van der Waals surface area contributed by atoms with E-state index in [0.717, 1.165) is 5.69 Å². The predicted molar refractivity (Wildman–Crippen MR) is 68.9 cm³/mol. The van der Waals surface area contributed by atoms with E-state index in [1.54, 1.807) is 36.5 Å². The average molecular weight is 266 g/mol. The van der Waals surface area contributed by atoms with Crippen molar-refractivity contribution in [1.82, 2.24) is 4.98 Å². The summed E-state index contributed by atoms with van der Waals surface area (Å²) in [6.07, 6.45) is 1.56. The number of rotatable bonds is 2. The maximum atomic E-state index is 12.1. The number of benzene rings is 1. The van der Waals surface area contributed by atoms with Gasteiger partial charge in [-0.25, -0.2) is 0 Å². The molecule has 1 heterocycles. The van der Waals surface area contributed by atoms with Crippen LogP contribution in [0.5, 0.6) is 0 Å². The van der Waals surface area contributed by atoms with Gasteiger partial charge in [-0.05, 0) is 37.3 Å². The maximum Gasteiger partial charge on any atom is 0.194 e. The van der Waals surface area contributed by atoms with Gasteiger partial charge in [-0.3, -0.25) is 9.78 Å². The molecule has 0 aliphatic rings. The van der Waals surface area contributed by atoms with Crippen molar-refractivity contribution >= 4 is 29.0 Å². The van der Waals surface area contributed by atoms with E-state index in [1.807, 2.05) is 6.92 Å². The number of hydrogen-bond acceptors (Lipinski definition) is 2. The summed E-state index contributed by atoms with van der Waals surface area (Å²) in [5, 5.41) is 0.808. The third-order valence-electron chi connectivity index (χ3n) is 2.36. The molecule has 0 aliphatic carbocycles. The third kappa shape index (κ3) is 2.65. The molecule has 0 amide bonds. The fourth-order valence-corrected chi connectivity index (χ4v) is 1.70. The maximum absolute atomic E-state index is 12.1. The molecule has 0 aliphatic heterocycles. The van der Waals surface area contributed by atoms with E-state index in [4.69, 9.17) is 23.2 Å². The van der Waals surface area contributed by atoms with Crippen molar-refractivity contribution < 1.29 is 4.79 Å². The second-order valence-corrected chi connectivity index (χ2v) is 4.46. The van der Waals surface area contributed by atoms with Crippen molar-refractivity contribution in [3.63, 3.8) is 0 Å². The fraction of sp³-hybridized carbons (Fsp3) is 0.0769. The van der Waals surface area contributed by atoms with Crippen molar-refractivity contribution in [2.75, 3.05) is 0 Å². The van der Waals surface area contributed by atoms with E-state index in [2.05, 4.69) is 4.98 Å². The van der Waals surface area contributed by atoms with E-state index in [9.17, 15) is 4.79 Å². The summed E-state index contributed by atoms with van der Waals surface area (Å²) in [5.41, 5.74) is 1.91. The van der Waals surface area contributed by atoms with Gasteiger partial charge in [-0.1, -0.05) is 23.2 Å². The summed E-state index contributed by atoms with van der Waals surface area (Å²) < 4.78 is 0. The molecule has 2 nitrogen and oxygen atoms in total. The lowest BCUT2D eigenvalue weighted by atomic mass is 10.1. The molecule has 4 heteroatoms. The van der Waals surface area contributed by atoms with Gasteiger partial charge in [0.2, 0.25) is 0 Å². The second-order valence-electron chi connectivity index (χ2n) is 3.65. The van der Waals surface area contributed by atoms with Crippen LogP contribution in [0.1, 0.15) is 21.6 Å². The monoisotopic (exact) mass is 265 g/mol. The molecule has 0 fully saturated rings. The molecule has 1 aromatic carbocycles. The van der Waals surface area contributed by atoms with Crippen LogP contribution in [0.2, 0.25) is 10.0 Å². The van der Waals surface area contributed by atoms with E-state index >= 15 is 0 Å². The summed E-state index contributed by atoms with van der Waals surface area (Å²) >= 11 is 11.7. The Hall–Kier alpha value is -1.38. The Morgan fingerprint density at radius 1 is 1.06 bits per heavy atom. The van der Waals surface area contributed by atoms with Crippen LogP contribution < -0.4 is 0 Å². The van der Waals surface area contributed by atoms with Crippen LogP contribution in [0.3, 0.4) is 0 Å². The largest absolute Gasteiger partial charge is 0.289 e. The van der Waals surface area contributed by atoms with Gasteiger partial charge in [-0.2, -0.15) is 0 Å². The minimum atomic E-state index is -0.115. The highest BCUT2D eigenvalue weighted by Crippen LogP contribution is 2.23. The molecular weight excluding hydrogens is 257 g/mol. The van der Waals surface area contributed by atoms with Crippen LogP contribution >= 0.6 is 23.2 Å². The molecule has 0 saturated heterocycles. The van der Waals surface area contributed by atoms with Gasteiger partial charge in [0.1, 0.15) is 0 Å². The molecule has 0 spiro atoms. The Kier molecular flexibility index (Phi) is 3.46. The van der Waals surface area contributed by atoms with Gasteiger partial charge in [0, 0.05) is 23.0 Å². The SMILES string of the molecule is Cc1ccc(C(=O)c2ccc(Cl)c(Cl)c2)cn1. The van der Waals surface area contributed by atoms with Crippen molar-refractivity contribution in [2.45, 2.75) is 6.92 Å². The number of hydrogen-bond donors (Lipinski definition) is 0. The number of aryl methyl sites for hydroxylation is 1. The molecule has 0 N–H and O–H groups in total. The first kappa shape index (κ1) is 12.1. The van der Waals surface area contributed by atoms with E-state index in [1.165, 1.54) is 0 Å². The van der Waals surface area contributed by atoms with Crippen LogP contribution in [0.15, 0.2) is 36.5 Å². The van der Waals surface area contributed by atoms with Crippen molar-refractivity contribution in [2.24, 2.45) is 0 Å². The molecular formula is C13H9Cl2NO. The lowest BCUT2D eigenvalue weighted by molar-refractivity contribution is 0.103. The highest BCUT2D eigenvalue weighted by atomic mass is 35.5. The zero-order valence-corrected chi connectivity index (χ0v) is 10.6.